The Bertz CT molecular complexity index is 1170. The maximum absolute atomic E-state index is 12.7. The molecule has 4 rings (SSSR count). The fourth-order valence-electron chi connectivity index (χ4n) is 3.07. The van der Waals surface area contributed by atoms with Gasteiger partial charge in [-0.15, -0.1) is 0 Å². The molecule has 0 saturated carbocycles. The minimum absolute atomic E-state index is 0.0139. The molecule has 0 bridgehead atoms. The van der Waals surface area contributed by atoms with E-state index in [4.69, 9.17) is 9.47 Å². The van der Waals surface area contributed by atoms with Crippen LogP contribution in [0.1, 0.15) is 15.9 Å². The number of nitrogens with one attached hydrogen (secondary N) is 1. The van der Waals surface area contributed by atoms with Crippen LogP contribution in [0.4, 0.5) is 5.69 Å². The minimum Gasteiger partial charge on any atom is -0.493 e. The fourth-order valence-corrected chi connectivity index (χ4v) is 3.07. The molecule has 3 aromatic carbocycles. The van der Waals surface area contributed by atoms with Crippen molar-refractivity contribution in [2.24, 2.45) is 0 Å². The summed E-state index contributed by atoms with van der Waals surface area (Å²) in [5.41, 5.74) is 4.05. The second-order valence-corrected chi connectivity index (χ2v) is 6.64. The molecule has 1 aliphatic rings. The first-order chi connectivity index (χ1) is 15.1. The SMILES string of the molecule is COc1cc(/C=C2/C(=O)NN(c3ccccc3)C2=O)ccc1OC(=O)c1ccccc1. The van der Waals surface area contributed by atoms with E-state index in [0.717, 1.165) is 0 Å². The molecule has 0 aliphatic carbocycles. The zero-order valence-corrected chi connectivity index (χ0v) is 16.6. The number of methoxy groups -OCH3 is 1. The number of amides is 2. The number of carbonyl (C=O) groups excluding carboxylic acids is 3. The van der Waals surface area contributed by atoms with Crippen LogP contribution in [0.2, 0.25) is 0 Å². The average Bonchev–Trinajstić information content (AvgIpc) is 3.09. The largest absolute Gasteiger partial charge is 0.493 e. The molecule has 0 spiro atoms. The van der Waals surface area contributed by atoms with Gasteiger partial charge in [-0.25, -0.2) is 9.80 Å². The van der Waals surface area contributed by atoms with Crippen molar-refractivity contribution in [3.05, 3.63) is 95.6 Å². The summed E-state index contributed by atoms with van der Waals surface area (Å²) in [6, 6.07) is 22.2. The quantitative estimate of drug-likeness (QED) is 0.299. The third-order valence-electron chi connectivity index (χ3n) is 4.62. The van der Waals surface area contributed by atoms with Crippen LogP contribution in [0.5, 0.6) is 11.5 Å². The summed E-state index contributed by atoms with van der Waals surface area (Å²) >= 11 is 0. The second-order valence-electron chi connectivity index (χ2n) is 6.64. The van der Waals surface area contributed by atoms with Gasteiger partial charge in [0.25, 0.3) is 11.8 Å². The highest BCUT2D eigenvalue weighted by molar-refractivity contribution is 6.31. The molecule has 1 heterocycles. The van der Waals surface area contributed by atoms with E-state index in [1.165, 1.54) is 18.2 Å². The monoisotopic (exact) mass is 414 g/mol. The third kappa shape index (κ3) is 4.16. The van der Waals surface area contributed by atoms with Gasteiger partial charge in [0, 0.05) is 0 Å². The first kappa shape index (κ1) is 19.9. The summed E-state index contributed by atoms with van der Waals surface area (Å²) < 4.78 is 10.8. The smallest absolute Gasteiger partial charge is 0.343 e. The van der Waals surface area contributed by atoms with Gasteiger partial charge < -0.3 is 9.47 Å². The highest BCUT2D eigenvalue weighted by Gasteiger charge is 2.34. The van der Waals surface area contributed by atoms with Gasteiger partial charge in [0.2, 0.25) is 0 Å². The molecular formula is C24H18N2O5. The molecule has 154 valence electrons. The average molecular weight is 414 g/mol. The Hall–Kier alpha value is -4.39. The van der Waals surface area contributed by atoms with E-state index in [-0.39, 0.29) is 11.3 Å². The van der Waals surface area contributed by atoms with Crippen molar-refractivity contribution in [3.8, 4) is 11.5 Å². The molecule has 1 aliphatic heterocycles. The second kappa shape index (κ2) is 8.54. The van der Waals surface area contributed by atoms with Crippen LogP contribution >= 0.6 is 0 Å². The van der Waals surface area contributed by atoms with Crippen molar-refractivity contribution in [1.82, 2.24) is 5.43 Å². The number of anilines is 1. The molecule has 1 fully saturated rings. The van der Waals surface area contributed by atoms with Crippen molar-refractivity contribution in [1.29, 1.82) is 0 Å². The zero-order chi connectivity index (χ0) is 21.8. The van der Waals surface area contributed by atoms with Crippen LogP contribution in [0.25, 0.3) is 6.08 Å². The number of carbonyl (C=O) groups is 3. The van der Waals surface area contributed by atoms with E-state index in [9.17, 15) is 14.4 Å². The zero-order valence-electron chi connectivity index (χ0n) is 16.6. The Balaban J connectivity index is 1.58. The number of hydrogen-bond donors (Lipinski definition) is 1. The number of para-hydroxylation sites is 1. The summed E-state index contributed by atoms with van der Waals surface area (Å²) in [6.45, 7) is 0. The van der Waals surface area contributed by atoms with E-state index in [0.29, 0.717) is 22.6 Å². The molecule has 1 saturated heterocycles. The maximum Gasteiger partial charge on any atom is 0.343 e. The van der Waals surface area contributed by atoms with Crippen LogP contribution in [0, 0.1) is 0 Å². The van der Waals surface area contributed by atoms with E-state index >= 15 is 0 Å². The first-order valence-electron chi connectivity index (χ1n) is 9.44. The van der Waals surface area contributed by atoms with Crippen molar-refractivity contribution >= 4 is 29.5 Å². The Kier molecular flexibility index (Phi) is 5.49. The Morgan fingerprint density at radius 3 is 2.26 bits per heavy atom. The standard InChI is InChI=1S/C24H18N2O5/c1-30-21-15-16(12-13-20(21)31-24(29)17-8-4-2-5-9-17)14-19-22(27)25-26(23(19)28)18-10-6-3-7-11-18/h2-15H,1H3,(H,25,27)/b19-14-. The van der Waals surface area contributed by atoms with Gasteiger partial charge in [-0.1, -0.05) is 42.5 Å². The van der Waals surface area contributed by atoms with Gasteiger partial charge in [-0.05, 0) is 48.0 Å². The first-order valence-corrected chi connectivity index (χ1v) is 9.44. The highest BCUT2D eigenvalue weighted by atomic mass is 16.6. The van der Waals surface area contributed by atoms with E-state index in [2.05, 4.69) is 5.43 Å². The minimum atomic E-state index is -0.520. The van der Waals surface area contributed by atoms with E-state index < -0.39 is 17.8 Å². The molecular weight excluding hydrogens is 396 g/mol. The number of hydrogen-bond acceptors (Lipinski definition) is 5. The summed E-state index contributed by atoms with van der Waals surface area (Å²) in [4.78, 5) is 37.4. The highest BCUT2D eigenvalue weighted by Crippen LogP contribution is 2.30. The lowest BCUT2D eigenvalue weighted by Crippen LogP contribution is -2.35. The number of hydrazine groups is 1. The fraction of sp³-hybridized carbons (Fsp3) is 0.0417. The van der Waals surface area contributed by atoms with Crippen LogP contribution < -0.4 is 19.9 Å². The van der Waals surface area contributed by atoms with Crippen LogP contribution in [0.15, 0.2) is 84.4 Å². The van der Waals surface area contributed by atoms with E-state index in [1.807, 2.05) is 6.07 Å². The summed E-state index contributed by atoms with van der Waals surface area (Å²) in [5, 5.41) is 1.20. The lowest BCUT2D eigenvalue weighted by atomic mass is 10.1. The molecule has 0 aromatic heterocycles. The molecule has 0 radical (unpaired) electrons. The Morgan fingerprint density at radius 2 is 1.58 bits per heavy atom. The van der Waals surface area contributed by atoms with Gasteiger partial charge in [0.15, 0.2) is 11.5 Å². The molecule has 31 heavy (non-hydrogen) atoms. The van der Waals surface area contributed by atoms with Crippen molar-refractivity contribution in [2.45, 2.75) is 0 Å². The molecule has 1 N–H and O–H groups in total. The van der Waals surface area contributed by atoms with Crippen molar-refractivity contribution in [2.75, 3.05) is 12.1 Å². The molecule has 0 atom stereocenters. The number of benzene rings is 3. The van der Waals surface area contributed by atoms with Crippen LogP contribution in [-0.2, 0) is 9.59 Å². The summed E-state index contributed by atoms with van der Waals surface area (Å²) in [5.74, 6) is -0.966. The number of esters is 1. The van der Waals surface area contributed by atoms with Gasteiger partial charge in [0.1, 0.15) is 5.57 Å². The van der Waals surface area contributed by atoms with Crippen molar-refractivity contribution < 1.29 is 23.9 Å². The Morgan fingerprint density at radius 1 is 0.903 bits per heavy atom. The number of rotatable bonds is 5. The molecule has 3 aromatic rings. The van der Waals surface area contributed by atoms with Gasteiger partial charge in [-0.2, -0.15) is 0 Å². The summed E-state index contributed by atoms with van der Waals surface area (Å²) in [6.07, 6.45) is 1.46. The van der Waals surface area contributed by atoms with Gasteiger partial charge in [-0.3, -0.25) is 15.0 Å². The van der Waals surface area contributed by atoms with Crippen LogP contribution in [-0.4, -0.2) is 24.9 Å². The summed E-state index contributed by atoms with van der Waals surface area (Å²) in [7, 11) is 1.44. The molecule has 7 nitrogen and oxygen atoms in total. The lowest BCUT2D eigenvalue weighted by molar-refractivity contribution is -0.117. The normalized spacial score (nSPS) is 14.5. The maximum atomic E-state index is 12.7. The van der Waals surface area contributed by atoms with Gasteiger partial charge >= 0.3 is 5.97 Å². The molecule has 0 unspecified atom stereocenters. The molecule has 7 heteroatoms. The van der Waals surface area contributed by atoms with Crippen molar-refractivity contribution in [3.63, 3.8) is 0 Å². The Labute approximate surface area is 178 Å². The number of ether oxygens (including phenoxy) is 2. The lowest BCUT2D eigenvalue weighted by Gasteiger charge is -2.13. The van der Waals surface area contributed by atoms with Crippen LogP contribution in [0.3, 0.4) is 0 Å². The van der Waals surface area contributed by atoms with Gasteiger partial charge in [0.05, 0.1) is 18.4 Å². The topological polar surface area (TPSA) is 84.9 Å². The predicted molar refractivity (Wildman–Crippen MR) is 114 cm³/mol. The number of nitrogens with zero attached hydrogens (tertiary/aromatic N) is 1. The molecule has 2 amide bonds. The third-order valence-corrected chi connectivity index (χ3v) is 4.62. The van der Waals surface area contributed by atoms with E-state index in [1.54, 1.807) is 72.8 Å². The predicted octanol–water partition coefficient (Wildman–Crippen LogP) is 3.38.